The maximum Gasteiger partial charge on any atom is 0.409 e. The number of piperidine rings is 1. The fourth-order valence-corrected chi connectivity index (χ4v) is 4.17. The molecule has 4 heteroatoms. The van der Waals surface area contributed by atoms with Gasteiger partial charge in [0.1, 0.15) is 6.61 Å². The molecule has 5 rings (SSSR count). The molecule has 1 spiro atoms. The molecule has 2 fully saturated rings. The van der Waals surface area contributed by atoms with Gasteiger partial charge in [0.05, 0.1) is 12.2 Å². The Kier molecular flexibility index (Phi) is 3.35. The first-order valence-electron chi connectivity index (χ1n) is 9.00. The molecule has 1 aliphatic carbocycles. The monoisotopic (exact) mass is 335 g/mol. The highest BCUT2D eigenvalue weighted by Gasteiger charge is 2.47. The molecular weight excluding hydrogens is 314 g/mol. The van der Waals surface area contributed by atoms with Gasteiger partial charge in [-0.2, -0.15) is 0 Å². The molecule has 2 heterocycles. The first kappa shape index (κ1) is 15.0. The topological polar surface area (TPSA) is 42.1 Å². The summed E-state index contributed by atoms with van der Waals surface area (Å²) in [5.74, 6) is 0.124. The Bertz CT molecular complexity index is 772. The molecule has 2 aromatic rings. The van der Waals surface area contributed by atoms with Gasteiger partial charge in [0.25, 0.3) is 0 Å². The fourth-order valence-electron chi connectivity index (χ4n) is 4.17. The Morgan fingerprint density at radius 3 is 2.16 bits per heavy atom. The average molecular weight is 335 g/mol. The van der Waals surface area contributed by atoms with Crippen molar-refractivity contribution in [3.8, 4) is 11.1 Å². The highest BCUT2D eigenvalue weighted by atomic mass is 16.6. The van der Waals surface area contributed by atoms with Crippen LogP contribution in [0.1, 0.15) is 29.9 Å². The van der Waals surface area contributed by atoms with Crippen LogP contribution in [0.2, 0.25) is 0 Å². The largest absolute Gasteiger partial charge is 0.448 e. The summed E-state index contributed by atoms with van der Waals surface area (Å²) < 4.78 is 11.2. The first-order valence-corrected chi connectivity index (χ1v) is 9.00. The van der Waals surface area contributed by atoms with Crippen molar-refractivity contribution in [1.82, 2.24) is 4.90 Å². The van der Waals surface area contributed by atoms with E-state index < -0.39 is 0 Å². The van der Waals surface area contributed by atoms with Crippen LogP contribution in [0.4, 0.5) is 4.79 Å². The average Bonchev–Trinajstić information content (AvgIpc) is 3.34. The summed E-state index contributed by atoms with van der Waals surface area (Å²) in [5, 5.41) is 0. The highest BCUT2D eigenvalue weighted by molar-refractivity contribution is 5.79. The van der Waals surface area contributed by atoms with Crippen LogP contribution in [-0.2, 0) is 9.47 Å². The number of likely N-dealkylation sites (tertiary alicyclic amines) is 1. The normalized spacial score (nSPS) is 20.2. The van der Waals surface area contributed by atoms with E-state index in [0.29, 0.717) is 6.61 Å². The van der Waals surface area contributed by atoms with Gasteiger partial charge in [-0.05, 0) is 35.1 Å². The van der Waals surface area contributed by atoms with Gasteiger partial charge >= 0.3 is 6.09 Å². The van der Waals surface area contributed by atoms with E-state index in [1.54, 1.807) is 0 Å². The number of nitrogens with zero attached hydrogens (tertiary/aromatic N) is 1. The molecule has 0 unspecified atom stereocenters. The smallest absolute Gasteiger partial charge is 0.409 e. The van der Waals surface area contributed by atoms with E-state index in [2.05, 4.69) is 48.5 Å². The van der Waals surface area contributed by atoms with Gasteiger partial charge in [0.2, 0.25) is 0 Å². The van der Waals surface area contributed by atoms with Crippen molar-refractivity contribution in [1.29, 1.82) is 0 Å². The van der Waals surface area contributed by atoms with Crippen LogP contribution in [0.15, 0.2) is 48.5 Å². The number of rotatable bonds is 2. The summed E-state index contributed by atoms with van der Waals surface area (Å²) in [5.41, 5.74) is 5.09. The molecule has 0 aromatic heterocycles. The van der Waals surface area contributed by atoms with Gasteiger partial charge in [-0.15, -0.1) is 0 Å². The number of ether oxygens (including phenoxy) is 2. The van der Waals surface area contributed by atoms with E-state index in [1.165, 1.54) is 22.3 Å². The maximum absolute atomic E-state index is 12.5. The minimum Gasteiger partial charge on any atom is -0.448 e. The zero-order valence-electron chi connectivity index (χ0n) is 14.1. The van der Waals surface area contributed by atoms with E-state index in [0.717, 1.165) is 32.5 Å². The summed E-state index contributed by atoms with van der Waals surface area (Å²) in [4.78, 5) is 14.3. The summed E-state index contributed by atoms with van der Waals surface area (Å²) in [7, 11) is 0. The number of hydrogen-bond donors (Lipinski definition) is 0. The molecule has 2 saturated heterocycles. The van der Waals surface area contributed by atoms with Crippen LogP contribution in [-0.4, -0.2) is 42.9 Å². The molecule has 25 heavy (non-hydrogen) atoms. The van der Waals surface area contributed by atoms with Crippen LogP contribution in [0.3, 0.4) is 0 Å². The SMILES string of the molecule is O=C(OCC1c2ccccc2-c2ccccc21)N1CCC2(CC1)CO2. The van der Waals surface area contributed by atoms with Gasteiger partial charge in [-0.3, -0.25) is 0 Å². The minimum absolute atomic E-state index is 0.0834. The molecular formula is C21H21NO3. The fraction of sp³-hybridized carbons (Fsp3) is 0.381. The Morgan fingerprint density at radius 1 is 1.04 bits per heavy atom. The summed E-state index contributed by atoms with van der Waals surface area (Å²) in [6.45, 7) is 2.71. The van der Waals surface area contributed by atoms with Crippen molar-refractivity contribution < 1.29 is 14.3 Å². The third-order valence-electron chi connectivity index (χ3n) is 5.82. The highest BCUT2D eigenvalue weighted by Crippen LogP contribution is 2.44. The molecule has 4 nitrogen and oxygen atoms in total. The van der Waals surface area contributed by atoms with Gasteiger partial charge < -0.3 is 14.4 Å². The Balaban J connectivity index is 1.30. The molecule has 0 radical (unpaired) electrons. The summed E-state index contributed by atoms with van der Waals surface area (Å²) in [6, 6.07) is 16.8. The van der Waals surface area contributed by atoms with E-state index in [1.807, 2.05) is 4.90 Å². The van der Waals surface area contributed by atoms with Gasteiger partial charge in [-0.25, -0.2) is 4.79 Å². The molecule has 0 atom stereocenters. The van der Waals surface area contributed by atoms with Crippen LogP contribution in [0, 0.1) is 0 Å². The predicted octanol–water partition coefficient (Wildman–Crippen LogP) is 3.80. The zero-order chi connectivity index (χ0) is 16.9. The van der Waals surface area contributed by atoms with Crippen molar-refractivity contribution in [2.45, 2.75) is 24.4 Å². The second kappa shape index (κ2) is 5.60. The van der Waals surface area contributed by atoms with E-state index in [4.69, 9.17) is 9.47 Å². The predicted molar refractivity (Wildman–Crippen MR) is 94.6 cm³/mol. The molecule has 128 valence electrons. The van der Waals surface area contributed by atoms with E-state index in [9.17, 15) is 4.79 Å². The number of hydrogen-bond acceptors (Lipinski definition) is 3. The minimum atomic E-state index is -0.197. The first-order chi connectivity index (χ1) is 12.3. The molecule has 0 N–H and O–H groups in total. The van der Waals surface area contributed by atoms with Crippen LogP contribution in [0.25, 0.3) is 11.1 Å². The second-order valence-corrected chi connectivity index (χ2v) is 7.26. The van der Waals surface area contributed by atoms with Gasteiger partial charge in [0, 0.05) is 19.0 Å². The summed E-state index contributed by atoms with van der Waals surface area (Å²) >= 11 is 0. The molecule has 0 saturated carbocycles. The Hall–Kier alpha value is -2.33. The molecule has 3 aliphatic rings. The number of fused-ring (bicyclic) bond motifs is 3. The lowest BCUT2D eigenvalue weighted by Gasteiger charge is -2.30. The van der Waals surface area contributed by atoms with Crippen LogP contribution in [0.5, 0.6) is 0 Å². The van der Waals surface area contributed by atoms with Crippen molar-refractivity contribution in [3.05, 3.63) is 59.7 Å². The Labute approximate surface area is 147 Å². The lowest BCUT2D eigenvalue weighted by atomic mass is 9.98. The number of benzene rings is 2. The van der Waals surface area contributed by atoms with Crippen LogP contribution < -0.4 is 0 Å². The van der Waals surface area contributed by atoms with E-state index >= 15 is 0 Å². The van der Waals surface area contributed by atoms with Crippen LogP contribution >= 0.6 is 0 Å². The lowest BCUT2D eigenvalue weighted by Crippen LogP contribution is -2.42. The number of carbonyl (C=O) groups excluding carboxylic acids is 1. The van der Waals surface area contributed by atoms with Crippen molar-refractivity contribution in [2.75, 3.05) is 26.3 Å². The van der Waals surface area contributed by atoms with Crippen molar-refractivity contribution in [2.24, 2.45) is 0 Å². The van der Waals surface area contributed by atoms with Crippen molar-refractivity contribution >= 4 is 6.09 Å². The number of carbonyl (C=O) groups is 1. The third-order valence-corrected chi connectivity index (χ3v) is 5.82. The standard InChI is InChI=1S/C21H21NO3/c23-20(22-11-9-21(10-12-22)14-25-21)24-13-19-17-7-3-1-5-15(17)16-6-2-4-8-18(16)19/h1-8,19H,9-14H2. The van der Waals surface area contributed by atoms with Crippen molar-refractivity contribution in [3.63, 3.8) is 0 Å². The molecule has 0 bridgehead atoms. The second-order valence-electron chi connectivity index (χ2n) is 7.26. The molecule has 2 aliphatic heterocycles. The Morgan fingerprint density at radius 2 is 1.60 bits per heavy atom. The zero-order valence-corrected chi connectivity index (χ0v) is 14.1. The maximum atomic E-state index is 12.5. The lowest BCUT2D eigenvalue weighted by molar-refractivity contribution is 0.0795. The number of amides is 1. The molecule has 2 aromatic carbocycles. The quantitative estimate of drug-likeness (QED) is 0.784. The van der Waals surface area contributed by atoms with Gasteiger partial charge in [0.15, 0.2) is 0 Å². The summed E-state index contributed by atoms with van der Waals surface area (Å²) in [6.07, 6.45) is 1.66. The number of epoxide rings is 1. The van der Waals surface area contributed by atoms with E-state index in [-0.39, 0.29) is 17.6 Å². The molecule has 1 amide bonds. The van der Waals surface area contributed by atoms with Gasteiger partial charge in [-0.1, -0.05) is 48.5 Å². The third kappa shape index (κ3) is 2.52.